The molecule has 0 spiro atoms. The fourth-order valence-corrected chi connectivity index (χ4v) is 3.46. The van der Waals surface area contributed by atoms with Crippen LogP contribution in [-0.4, -0.2) is 56.5 Å². The Morgan fingerprint density at radius 2 is 2.07 bits per heavy atom. The molecule has 2 N–H and O–H groups in total. The lowest BCUT2D eigenvalue weighted by Gasteiger charge is -2.16. The molecule has 3 rings (SSSR count). The van der Waals surface area contributed by atoms with Crippen molar-refractivity contribution in [1.29, 1.82) is 0 Å². The molecule has 1 fully saturated rings. The van der Waals surface area contributed by atoms with Crippen LogP contribution < -0.4 is 15.4 Å². The number of hydrogen-bond acceptors (Lipinski definition) is 6. The summed E-state index contributed by atoms with van der Waals surface area (Å²) in [6.07, 6.45) is 2.88. The van der Waals surface area contributed by atoms with E-state index in [1.165, 1.54) is 0 Å². The number of hydrogen-bond donors (Lipinski definition) is 2. The number of unbranched alkanes of at least 4 members (excludes halogenated alkanes) is 1. The number of benzene rings is 1. The minimum atomic E-state index is -0.170. The van der Waals surface area contributed by atoms with E-state index in [4.69, 9.17) is 14.0 Å². The van der Waals surface area contributed by atoms with Crippen LogP contribution in [0.4, 0.5) is 0 Å². The molecule has 0 bridgehead atoms. The Morgan fingerprint density at radius 1 is 1.23 bits per heavy atom. The number of pyridine rings is 1. The van der Waals surface area contributed by atoms with Gasteiger partial charge >= 0.3 is 7.12 Å². The first kappa shape index (κ1) is 22.5. The molecule has 1 aliphatic heterocycles. The van der Waals surface area contributed by atoms with Crippen LogP contribution in [-0.2, 0) is 9.31 Å². The van der Waals surface area contributed by atoms with Crippen LogP contribution in [0.25, 0.3) is 10.9 Å². The van der Waals surface area contributed by atoms with Gasteiger partial charge in [0.25, 0.3) is 5.91 Å². The summed E-state index contributed by atoms with van der Waals surface area (Å²) in [5.41, 5.74) is 1.29. The summed E-state index contributed by atoms with van der Waals surface area (Å²) in [5.74, 6) is 0.281. The zero-order chi connectivity index (χ0) is 21.3. The molecule has 1 saturated heterocycles. The molecule has 1 aromatic heterocycles. The van der Waals surface area contributed by atoms with E-state index >= 15 is 0 Å². The summed E-state index contributed by atoms with van der Waals surface area (Å²) >= 11 is 0. The van der Waals surface area contributed by atoms with Crippen molar-refractivity contribution < 1.29 is 18.8 Å². The van der Waals surface area contributed by atoms with E-state index in [-0.39, 0.29) is 25.2 Å². The van der Waals surface area contributed by atoms with Crippen molar-refractivity contribution in [2.24, 2.45) is 0 Å². The lowest BCUT2D eigenvalue weighted by Crippen LogP contribution is -2.32. The molecule has 162 valence electrons. The average molecular weight is 413 g/mol. The molecule has 0 radical (unpaired) electrons. The van der Waals surface area contributed by atoms with Gasteiger partial charge in [0.05, 0.1) is 17.2 Å². The van der Waals surface area contributed by atoms with Crippen molar-refractivity contribution in [3.05, 3.63) is 35.9 Å². The van der Waals surface area contributed by atoms with Gasteiger partial charge in [-0.3, -0.25) is 4.79 Å². The van der Waals surface area contributed by atoms with Crippen LogP contribution in [0.3, 0.4) is 0 Å². The maximum absolute atomic E-state index is 12.8. The summed E-state index contributed by atoms with van der Waals surface area (Å²) in [7, 11) is -0.170. The maximum atomic E-state index is 12.8. The molecule has 8 heteroatoms. The van der Waals surface area contributed by atoms with E-state index in [1.807, 2.05) is 38.1 Å². The minimum absolute atomic E-state index is 0.0406. The Balaban J connectivity index is 1.68. The van der Waals surface area contributed by atoms with Gasteiger partial charge in [0, 0.05) is 24.5 Å². The fraction of sp³-hybridized carbons (Fsp3) is 0.545. The molecular weight excluding hydrogens is 381 g/mol. The number of fused-ring (bicyclic) bond motifs is 1. The predicted molar refractivity (Wildman–Crippen MR) is 119 cm³/mol. The van der Waals surface area contributed by atoms with Crippen LogP contribution in [0.2, 0.25) is 6.32 Å². The zero-order valence-electron chi connectivity index (χ0n) is 18.1. The van der Waals surface area contributed by atoms with Gasteiger partial charge in [-0.1, -0.05) is 44.9 Å². The van der Waals surface area contributed by atoms with Crippen LogP contribution in [0.15, 0.2) is 30.3 Å². The number of nitrogens with one attached hydrogen (secondary N) is 2. The van der Waals surface area contributed by atoms with Gasteiger partial charge in [0.2, 0.25) is 5.88 Å². The van der Waals surface area contributed by atoms with Crippen molar-refractivity contribution in [3.63, 3.8) is 0 Å². The number of aromatic nitrogens is 1. The topological polar surface area (TPSA) is 81.7 Å². The Kier molecular flexibility index (Phi) is 8.48. The van der Waals surface area contributed by atoms with Gasteiger partial charge in [-0.25, -0.2) is 4.98 Å². The fourth-order valence-electron chi connectivity index (χ4n) is 3.46. The number of carbonyl (C=O) groups excluding carboxylic acids is 1. The molecule has 30 heavy (non-hydrogen) atoms. The second-order valence-corrected chi connectivity index (χ2v) is 7.53. The van der Waals surface area contributed by atoms with Crippen molar-refractivity contribution in [2.45, 2.75) is 52.1 Å². The minimum Gasteiger partial charge on any atom is -0.475 e. The average Bonchev–Trinajstić information content (AvgIpc) is 3.12. The van der Waals surface area contributed by atoms with Crippen molar-refractivity contribution >= 4 is 23.9 Å². The molecule has 1 aliphatic rings. The first-order valence-corrected chi connectivity index (χ1v) is 10.9. The van der Waals surface area contributed by atoms with Gasteiger partial charge < -0.3 is 24.7 Å². The molecular formula is C22H32BN3O4. The standard InChI is InChI=1S/C22H32BN3O4/c1-4-6-11-23-29-16(3)20(30-23)15-28-21-14-18(22(27)25-13-12-24-5-2)17-9-7-8-10-19(17)26-21/h7-10,14,16,20,24H,4-6,11-13,15H2,1-3H3,(H,25,27). The third kappa shape index (κ3) is 5.94. The summed E-state index contributed by atoms with van der Waals surface area (Å²) in [6.45, 7) is 8.67. The second kappa shape index (κ2) is 11.3. The Bertz CT molecular complexity index is 835. The molecule has 2 atom stereocenters. The lowest BCUT2D eigenvalue weighted by atomic mass is 9.83. The summed E-state index contributed by atoms with van der Waals surface area (Å²) in [6, 6.07) is 9.30. The van der Waals surface area contributed by atoms with E-state index in [0.717, 1.165) is 43.2 Å². The lowest BCUT2D eigenvalue weighted by molar-refractivity contribution is 0.0952. The van der Waals surface area contributed by atoms with E-state index in [2.05, 4.69) is 22.5 Å². The van der Waals surface area contributed by atoms with E-state index in [0.29, 0.717) is 24.6 Å². The van der Waals surface area contributed by atoms with Gasteiger partial charge in [-0.2, -0.15) is 0 Å². The Morgan fingerprint density at radius 3 is 2.87 bits per heavy atom. The first-order valence-electron chi connectivity index (χ1n) is 10.9. The Hall–Kier alpha value is -2.16. The number of amides is 1. The van der Waals surface area contributed by atoms with Crippen LogP contribution in [0.5, 0.6) is 5.88 Å². The van der Waals surface area contributed by atoms with E-state index in [9.17, 15) is 4.79 Å². The maximum Gasteiger partial charge on any atom is 0.457 e. The number of carbonyl (C=O) groups is 1. The highest BCUT2D eigenvalue weighted by Crippen LogP contribution is 2.24. The highest BCUT2D eigenvalue weighted by molar-refractivity contribution is 6.45. The number of para-hydroxylation sites is 1. The van der Waals surface area contributed by atoms with Crippen LogP contribution in [0, 0.1) is 0 Å². The van der Waals surface area contributed by atoms with Crippen LogP contribution >= 0.6 is 0 Å². The molecule has 0 aliphatic carbocycles. The SMILES string of the molecule is CCCCB1OC(C)C(COc2cc(C(=O)NCCNCC)c3ccccc3n2)O1. The van der Waals surface area contributed by atoms with Crippen molar-refractivity contribution in [3.8, 4) is 5.88 Å². The smallest absolute Gasteiger partial charge is 0.457 e. The van der Waals surface area contributed by atoms with Gasteiger partial charge in [-0.05, 0) is 25.9 Å². The highest BCUT2D eigenvalue weighted by atomic mass is 16.7. The second-order valence-electron chi connectivity index (χ2n) is 7.53. The van der Waals surface area contributed by atoms with Crippen LogP contribution in [0.1, 0.15) is 44.0 Å². The third-order valence-corrected chi connectivity index (χ3v) is 5.18. The highest BCUT2D eigenvalue weighted by Gasteiger charge is 2.36. The van der Waals surface area contributed by atoms with E-state index < -0.39 is 0 Å². The van der Waals surface area contributed by atoms with E-state index in [1.54, 1.807) is 6.07 Å². The van der Waals surface area contributed by atoms with Crippen molar-refractivity contribution in [1.82, 2.24) is 15.6 Å². The largest absolute Gasteiger partial charge is 0.475 e. The molecule has 2 aromatic rings. The molecule has 2 unspecified atom stereocenters. The first-order chi connectivity index (χ1) is 14.6. The Labute approximate surface area is 179 Å². The number of nitrogens with zero attached hydrogens (tertiary/aromatic N) is 1. The van der Waals surface area contributed by atoms with Gasteiger partial charge in [-0.15, -0.1) is 0 Å². The summed E-state index contributed by atoms with van der Waals surface area (Å²) in [5, 5.41) is 6.96. The molecule has 2 heterocycles. The van der Waals surface area contributed by atoms with Gasteiger partial charge in [0.15, 0.2) is 0 Å². The normalized spacial score (nSPS) is 18.7. The predicted octanol–water partition coefficient (Wildman–Crippen LogP) is 3.05. The molecule has 7 nitrogen and oxygen atoms in total. The number of rotatable bonds is 11. The zero-order valence-corrected chi connectivity index (χ0v) is 18.1. The monoisotopic (exact) mass is 413 g/mol. The third-order valence-electron chi connectivity index (χ3n) is 5.18. The quantitative estimate of drug-likeness (QED) is 0.435. The number of ether oxygens (including phenoxy) is 1. The molecule has 0 saturated carbocycles. The summed E-state index contributed by atoms with van der Waals surface area (Å²) in [4.78, 5) is 17.3. The molecule has 1 amide bonds. The van der Waals surface area contributed by atoms with Crippen molar-refractivity contribution in [2.75, 3.05) is 26.2 Å². The van der Waals surface area contributed by atoms with Gasteiger partial charge in [0.1, 0.15) is 12.7 Å². The number of likely N-dealkylation sites (N-methyl/N-ethyl adjacent to an activating group) is 1. The molecule has 1 aromatic carbocycles. The summed E-state index contributed by atoms with van der Waals surface area (Å²) < 4.78 is 17.8.